The fourth-order valence-electron chi connectivity index (χ4n) is 2.02. The first-order chi connectivity index (χ1) is 9.33. The Bertz CT molecular complexity index is 485. The quantitative estimate of drug-likeness (QED) is 0.863. The Morgan fingerprint density at radius 2 is 1.89 bits per heavy atom. The maximum atomic E-state index is 5.02. The van der Waals surface area contributed by atoms with E-state index in [1.54, 1.807) is 7.11 Å². The molecule has 1 aromatic carbocycles. The van der Waals surface area contributed by atoms with Crippen LogP contribution in [0.2, 0.25) is 0 Å². The number of nitrogens with zero attached hydrogens (tertiary/aromatic N) is 2. The highest BCUT2D eigenvalue weighted by Crippen LogP contribution is 2.17. The van der Waals surface area contributed by atoms with E-state index < -0.39 is 0 Å². The molecule has 0 aliphatic heterocycles. The molecule has 19 heavy (non-hydrogen) atoms. The SMILES string of the molecule is CNC(CCc1ccccc1)c1ccc(OC)nn1. The van der Waals surface area contributed by atoms with E-state index in [0.29, 0.717) is 5.88 Å². The van der Waals surface area contributed by atoms with Crippen molar-refractivity contribution in [1.82, 2.24) is 15.5 Å². The molecule has 1 N–H and O–H groups in total. The molecule has 0 amide bonds. The van der Waals surface area contributed by atoms with Gasteiger partial charge in [0.2, 0.25) is 5.88 Å². The van der Waals surface area contributed by atoms with E-state index >= 15 is 0 Å². The molecule has 0 aliphatic rings. The van der Waals surface area contributed by atoms with E-state index in [2.05, 4.69) is 39.8 Å². The van der Waals surface area contributed by atoms with E-state index in [1.165, 1.54) is 5.56 Å². The molecule has 1 heterocycles. The largest absolute Gasteiger partial charge is 0.480 e. The van der Waals surface area contributed by atoms with Crippen molar-refractivity contribution in [3.05, 3.63) is 53.7 Å². The van der Waals surface area contributed by atoms with Crippen molar-refractivity contribution >= 4 is 0 Å². The third kappa shape index (κ3) is 3.76. The molecule has 4 nitrogen and oxygen atoms in total. The van der Waals surface area contributed by atoms with Crippen LogP contribution in [0, 0.1) is 0 Å². The van der Waals surface area contributed by atoms with Gasteiger partial charge in [-0.3, -0.25) is 0 Å². The zero-order valence-electron chi connectivity index (χ0n) is 11.3. The average Bonchev–Trinajstić information content (AvgIpc) is 2.49. The molecule has 2 rings (SSSR count). The predicted molar refractivity (Wildman–Crippen MR) is 75.1 cm³/mol. The molecule has 1 atom stereocenters. The summed E-state index contributed by atoms with van der Waals surface area (Å²) in [6.45, 7) is 0. The summed E-state index contributed by atoms with van der Waals surface area (Å²) >= 11 is 0. The van der Waals surface area contributed by atoms with Gasteiger partial charge in [-0.05, 0) is 31.5 Å². The lowest BCUT2D eigenvalue weighted by atomic mass is 10.0. The summed E-state index contributed by atoms with van der Waals surface area (Å²) in [6.07, 6.45) is 2.00. The topological polar surface area (TPSA) is 47.0 Å². The van der Waals surface area contributed by atoms with E-state index in [-0.39, 0.29) is 6.04 Å². The summed E-state index contributed by atoms with van der Waals surface area (Å²) < 4.78 is 5.02. The van der Waals surface area contributed by atoms with Crippen molar-refractivity contribution in [2.45, 2.75) is 18.9 Å². The molecule has 1 unspecified atom stereocenters. The minimum Gasteiger partial charge on any atom is -0.480 e. The molecular weight excluding hydrogens is 238 g/mol. The van der Waals surface area contributed by atoms with Crippen molar-refractivity contribution in [3.8, 4) is 5.88 Å². The average molecular weight is 257 g/mol. The van der Waals surface area contributed by atoms with E-state index in [1.807, 2.05) is 25.2 Å². The van der Waals surface area contributed by atoms with Crippen molar-refractivity contribution in [2.24, 2.45) is 0 Å². The molecule has 100 valence electrons. The highest BCUT2D eigenvalue weighted by molar-refractivity contribution is 5.17. The van der Waals surface area contributed by atoms with Crippen molar-refractivity contribution in [3.63, 3.8) is 0 Å². The Morgan fingerprint density at radius 3 is 2.47 bits per heavy atom. The summed E-state index contributed by atoms with van der Waals surface area (Å²) in [6, 6.07) is 14.5. The Morgan fingerprint density at radius 1 is 1.11 bits per heavy atom. The third-order valence-corrected chi connectivity index (χ3v) is 3.14. The number of methoxy groups -OCH3 is 1. The maximum Gasteiger partial charge on any atom is 0.233 e. The second-order valence-corrected chi connectivity index (χ2v) is 4.37. The standard InChI is InChI=1S/C15H19N3O/c1-16-13(9-8-12-6-4-3-5-7-12)14-10-11-15(19-2)18-17-14/h3-7,10-11,13,16H,8-9H2,1-2H3. The molecule has 0 aliphatic carbocycles. The Balaban J connectivity index is 1.99. The van der Waals surface area contributed by atoms with Crippen LogP contribution in [0.1, 0.15) is 23.7 Å². The predicted octanol–water partition coefficient (Wildman–Crippen LogP) is 2.38. The summed E-state index contributed by atoms with van der Waals surface area (Å²) in [5.41, 5.74) is 2.28. The molecule has 2 aromatic rings. The first-order valence-corrected chi connectivity index (χ1v) is 6.42. The Hall–Kier alpha value is -1.94. The van der Waals surface area contributed by atoms with Crippen LogP contribution in [0.4, 0.5) is 0 Å². The lowest BCUT2D eigenvalue weighted by molar-refractivity contribution is 0.389. The van der Waals surface area contributed by atoms with Gasteiger partial charge in [-0.1, -0.05) is 30.3 Å². The molecule has 1 aromatic heterocycles. The summed E-state index contributed by atoms with van der Waals surface area (Å²) in [4.78, 5) is 0. The molecule has 0 bridgehead atoms. The number of aryl methyl sites for hydroxylation is 1. The highest BCUT2D eigenvalue weighted by Gasteiger charge is 2.11. The monoisotopic (exact) mass is 257 g/mol. The maximum absolute atomic E-state index is 5.02. The van der Waals surface area contributed by atoms with Gasteiger partial charge in [0.15, 0.2) is 0 Å². The van der Waals surface area contributed by atoms with Crippen molar-refractivity contribution < 1.29 is 4.74 Å². The van der Waals surface area contributed by atoms with Crippen LogP contribution in [0.25, 0.3) is 0 Å². The Labute approximate surface area is 113 Å². The number of rotatable bonds is 6. The van der Waals surface area contributed by atoms with Gasteiger partial charge in [0.25, 0.3) is 0 Å². The lowest BCUT2D eigenvalue weighted by Crippen LogP contribution is -2.18. The molecular formula is C15H19N3O. The van der Waals surface area contributed by atoms with Crippen LogP contribution in [-0.4, -0.2) is 24.4 Å². The van der Waals surface area contributed by atoms with Crippen molar-refractivity contribution in [2.75, 3.05) is 14.2 Å². The molecule has 0 radical (unpaired) electrons. The fourth-order valence-corrected chi connectivity index (χ4v) is 2.02. The minimum absolute atomic E-state index is 0.207. The molecule has 4 heteroatoms. The molecule has 0 spiro atoms. The number of ether oxygens (including phenoxy) is 1. The minimum atomic E-state index is 0.207. The third-order valence-electron chi connectivity index (χ3n) is 3.14. The van der Waals surface area contributed by atoms with Gasteiger partial charge in [0, 0.05) is 6.07 Å². The van der Waals surface area contributed by atoms with Gasteiger partial charge in [-0.25, -0.2) is 0 Å². The van der Waals surface area contributed by atoms with Crippen molar-refractivity contribution in [1.29, 1.82) is 0 Å². The van der Waals surface area contributed by atoms with Gasteiger partial charge in [-0.2, -0.15) is 5.10 Å². The number of hydrogen-bond acceptors (Lipinski definition) is 4. The van der Waals surface area contributed by atoms with Gasteiger partial charge >= 0.3 is 0 Å². The number of hydrogen-bond donors (Lipinski definition) is 1. The van der Waals surface area contributed by atoms with Gasteiger partial charge in [0.1, 0.15) is 0 Å². The van der Waals surface area contributed by atoms with Gasteiger partial charge < -0.3 is 10.1 Å². The second kappa shape index (κ2) is 6.85. The van der Waals surface area contributed by atoms with Crippen LogP contribution < -0.4 is 10.1 Å². The molecule has 0 saturated heterocycles. The van der Waals surface area contributed by atoms with Crippen LogP contribution in [-0.2, 0) is 6.42 Å². The van der Waals surface area contributed by atoms with Crippen LogP contribution in [0.15, 0.2) is 42.5 Å². The zero-order chi connectivity index (χ0) is 13.5. The summed E-state index contributed by atoms with van der Waals surface area (Å²) in [5.74, 6) is 0.543. The number of nitrogens with one attached hydrogen (secondary N) is 1. The van der Waals surface area contributed by atoms with E-state index in [4.69, 9.17) is 4.74 Å². The second-order valence-electron chi connectivity index (χ2n) is 4.37. The van der Waals surface area contributed by atoms with Gasteiger partial charge in [0.05, 0.1) is 18.8 Å². The first-order valence-electron chi connectivity index (χ1n) is 6.42. The fraction of sp³-hybridized carbons (Fsp3) is 0.333. The smallest absolute Gasteiger partial charge is 0.233 e. The molecule has 0 fully saturated rings. The van der Waals surface area contributed by atoms with E-state index in [9.17, 15) is 0 Å². The van der Waals surface area contributed by atoms with Crippen LogP contribution in [0.5, 0.6) is 5.88 Å². The zero-order valence-corrected chi connectivity index (χ0v) is 11.3. The summed E-state index contributed by atoms with van der Waals surface area (Å²) in [5, 5.41) is 11.5. The van der Waals surface area contributed by atoms with E-state index in [0.717, 1.165) is 18.5 Å². The first kappa shape index (κ1) is 13.5. The van der Waals surface area contributed by atoms with Crippen LogP contribution >= 0.6 is 0 Å². The molecule has 0 saturated carbocycles. The number of benzene rings is 1. The summed E-state index contributed by atoms with van der Waals surface area (Å²) in [7, 11) is 3.54. The Kier molecular flexibility index (Phi) is 4.86. The number of aromatic nitrogens is 2. The normalized spacial score (nSPS) is 12.1. The highest BCUT2D eigenvalue weighted by atomic mass is 16.5. The van der Waals surface area contributed by atoms with Crippen LogP contribution in [0.3, 0.4) is 0 Å². The lowest BCUT2D eigenvalue weighted by Gasteiger charge is -2.15. The van der Waals surface area contributed by atoms with Gasteiger partial charge in [-0.15, -0.1) is 5.10 Å².